The molecule has 0 fully saturated rings. The minimum atomic E-state index is -0.673. The summed E-state index contributed by atoms with van der Waals surface area (Å²) in [4.78, 5) is 2.15. The SMILES string of the molecule is CC1(C)Oc2ccc(N(c3ccc(Br)cc3)c3ccc4c(c3)OC(C)(C)O4)cc2O1. The number of halogens is 1. The van der Waals surface area contributed by atoms with Crippen LogP contribution in [-0.4, -0.2) is 11.6 Å². The minimum Gasteiger partial charge on any atom is -0.449 e. The summed E-state index contributed by atoms with van der Waals surface area (Å²) in [6.07, 6.45) is 0. The van der Waals surface area contributed by atoms with Gasteiger partial charge in [-0.3, -0.25) is 0 Å². The summed E-state index contributed by atoms with van der Waals surface area (Å²) in [5.74, 6) is 1.59. The van der Waals surface area contributed by atoms with Gasteiger partial charge in [-0.15, -0.1) is 0 Å². The monoisotopic (exact) mass is 467 g/mol. The molecule has 3 aromatic rings. The largest absolute Gasteiger partial charge is 0.449 e. The van der Waals surface area contributed by atoms with Crippen molar-refractivity contribution in [3.63, 3.8) is 0 Å². The molecule has 2 aliphatic rings. The Morgan fingerprint density at radius 2 is 0.967 bits per heavy atom. The predicted molar refractivity (Wildman–Crippen MR) is 119 cm³/mol. The fraction of sp³-hybridized carbons (Fsp3) is 0.250. The zero-order valence-corrected chi connectivity index (χ0v) is 18.8. The zero-order valence-electron chi connectivity index (χ0n) is 17.2. The van der Waals surface area contributed by atoms with Crippen molar-refractivity contribution in [3.8, 4) is 23.0 Å². The van der Waals surface area contributed by atoms with E-state index in [-0.39, 0.29) is 0 Å². The van der Waals surface area contributed by atoms with Gasteiger partial charge in [0.1, 0.15) is 0 Å². The van der Waals surface area contributed by atoms with Crippen molar-refractivity contribution in [1.82, 2.24) is 0 Å². The molecule has 0 aliphatic carbocycles. The van der Waals surface area contributed by atoms with Crippen molar-refractivity contribution in [2.24, 2.45) is 0 Å². The average Bonchev–Trinajstić information content (AvgIpc) is 3.15. The molecule has 0 aromatic heterocycles. The third-order valence-corrected chi connectivity index (χ3v) is 5.41. The summed E-state index contributed by atoms with van der Waals surface area (Å²) in [7, 11) is 0. The molecule has 0 amide bonds. The maximum Gasteiger partial charge on any atom is 0.246 e. The van der Waals surface area contributed by atoms with Gasteiger partial charge in [-0.2, -0.15) is 0 Å². The highest BCUT2D eigenvalue weighted by atomic mass is 79.9. The summed E-state index contributed by atoms with van der Waals surface area (Å²) in [5, 5.41) is 0. The lowest BCUT2D eigenvalue weighted by molar-refractivity contribution is -0.0437. The first-order chi connectivity index (χ1) is 14.2. The zero-order chi connectivity index (χ0) is 21.1. The number of rotatable bonds is 3. The predicted octanol–water partition coefficient (Wildman–Crippen LogP) is 6.93. The fourth-order valence-corrected chi connectivity index (χ4v) is 4.00. The molecule has 30 heavy (non-hydrogen) atoms. The summed E-state index contributed by atoms with van der Waals surface area (Å²) in [6, 6.07) is 20.1. The quantitative estimate of drug-likeness (QED) is 0.417. The second kappa shape index (κ2) is 6.57. The van der Waals surface area contributed by atoms with Crippen LogP contribution in [0.4, 0.5) is 17.1 Å². The molecule has 2 aliphatic heterocycles. The Hall–Kier alpha value is -2.86. The van der Waals surface area contributed by atoms with E-state index in [4.69, 9.17) is 18.9 Å². The van der Waals surface area contributed by atoms with Crippen molar-refractivity contribution in [3.05, 3.63) is 65.1 Å². The Labute approximate surface area is 184 Å². The average molecular weight is 468 g/mol. The fourth-order valence-electron chi connectivity index (χ4n) is 3.74. The molecule has 0 saturated heterocycles. The van der Waals surface area contributed by atoms with Crippen LogP contribution in [0.25, 0.3) is 0 Å². The number of hydrogen-bond acceptors (Lipinski definition) is 5. The number of benzene rings is 3. The second-order valence-corrected chi connectivity index (χ2v) is 9.20. The van der Waals surface area contributed by atoms with E-state index >= 15 is 0 Å². The minimum absolute atomic E-state index is 0.673. The highest BCUT2D eigenvalue weighted by Gasteiger charge is 2.34. The molecule has 0 radical (unpaired) electrons. The molecule has 0 saturated carbocycles. The van der Waals surface area contributed by atoms with Crippen LogP contribution in [0.3, 0.4) is 0 Å². The van der Waals surface area contributed by atoms with Gasteiger partial charge in [-0.05, 0) is 48.5 Å². The van der Waals surface area contributed by atoms with Gasteiger partial charge in [-0.25, -0.2) is 0 Å². The van der Waals surface area contributed by atoms with Crippen molar-refractivity contribution >= 4 is 33.0 Å². The summed E-state index contributed by atoms with van der Waals surface area (Å²) >= 11 is 3.52. The van der Waals surface area contributed by atoms with Crippen LogP contribution in [0.5, 0.6) is 23.0 Å². The maximum absolute atomic E-state index is 5.98. The summed E-state index contributed by atoms with van der Waals surface area (Å²) < 4.78 is 24.7. The van der Waals surface area contributed by atoms with E-state index in [0.29, 0.717) is 0 Å². The third kappa shape index (κ3) is 3.45. The van der Waals surface area contributed by atoms with E-state index < -0.39 is 11.6 Å². The van der Waals surface area contributed by atoms with E-state index in [1.54, 1.807) is 0 Å². The Kier molecular flexibility index (Phi) is 4.19. The Balaban J connectivity index is 1.61. The standard InChI is InChI=1S/C24H22BrNO4/c1-23(2)27-19-11-9-17(13-21(19)29-23)26(16-7-5-15(25)6-8-16)18-10-12-20-22(14-18)30-24(3,4)28-20/h5-14H,1-4H3. The molecule has 0 spiro atoms. The molecule has 3 aromatic carbocycles. The molecular formula is C24H22BrNO4. The highest BCUT2D eigenvalue weighted by molar-refractivity contribution is 9.10. The van der Waals surface area contributed by atoms with Crippen LogP contribution in [0.15, 0.2) is 65.1 Å². The van der Waals surface area contributed by atoms with Crippen molar-refractivity contribution in [1.29, 1.82) is 0 Å². The summed E-state index contributed by atoms with van der Waals surface area (Å²) in [6.45, 7) is 7.61. The van der Waals surface area contributed by atoms with Gasteiger partial charge in [0.05, 0.1) is 11.4 Å². The third-order valence-electron chi connectivity index (χ3n) is 4.88. The van der Waals surface area contributed by atoms with E-state index in [1.165, 1.54) is 0 Å². The lowest BCUT2D eigenvalue weighted by Gasteiger charge is -2.26. The van der Waals surface area contributed by atoms with Crippen LogP contribution >= 0.6 is 15.9 Å². The lowest BCUT2D eigenvalue weighted by atomic mass is 10.1. The highest BCUT2D eigenvalue weighted by Crippen LogP contribution is 2.47. The molecule has 0 unspecified atom stereocenters. The molecule has 0 bridgehead atoms. The molecule has 2 heterocycles. The number of fused-ring (bicyclic) bond motifs is 2. The van der Waals surface area contributed by atoms with Crippen LogP contribution in [0, 0.1) is 0 Å². The van der Waals surface area contributed by atoms with Crippen LogP contribution in [0.2, 0.25) is 0 Å². The summed E-state index contributed by atoms with van der Waals surface area (Å²) in [5.41, 5.74) is 2.92. The van der Waals surface area contributed by atoms with E-state index in [9.17, 15) is 0 Å². The van der Waals surface area contributed by atoms with E-state index in [2.05, 4.69) is 33.0 Å². The molecular weight excluding hydrogens is 446 g/mol. The van der Waals surface area contributed by atoms with Gasteiger partial charge < -0.3 is 23.8 Å². The Morgan fingerprint density at radius 3 is 1.43 bits per heavy atom. The van der Waals surface area contributed by atoms with Gasteiger partial charge in [0, 0.05) is 50.0 Å². The number of anilines is 3. The van der Waals surface area contributed by atoms with Crippen molar-refractivity contribution < 1.29 is 18.9 Å². The first kappa shape index (κ1) is 19.1. The lowest BCUT2D eigenvalue weighted by Crippen LogP contribution is -2.29. The smallest absolute Gasteiger partial charge is 0.246 e. The van der Waals surface area contributed by atoms with Crippen LogP contribution < -0.4 is 23.8 Å². The van der Waals surface area contributed by atoms with Crippen molar-refractivity contribution in [2.75, 3.05) is 4.90 Å². The van der Waals surface area contributed by atoms with Gasteiger partial charge >= 0.3 is 0 Å². The molecule has 154 valence electrons. The van der Waals surface area contributed by atoms with Crippen LogP contribution in [0.1, 0.15) is 27.7 Å². The van der Waals surface area contributed by atoms with E-state index in [0.717, 1.165) is 44.5 Å². The number of hydrogen-bond donors (Lipinski definition) is 0. The maximum atomic E-state index is 5.98. The first-order valence-corrected chi connectivity index (χ1v) is 10.6. The second-order valence-electron chi connectivity index (χ2n) is 8.28. The van der Waals surface area contributed by atoms with Gasteiger partial charge in [-0.1, -0.05) is 15.9 Å². The van der Waals surface area contributed by atoms with Gasteiger partial charge in [0.2, 0.25) is 11.6 Å². The van der Waals surface area contributed by atoms with Gasteiger partial charge in [0.25, 0.3) is 0 Å². The molecule has 5 nitrogen and oxygen atoms in total. The van der Waals surface area contributed by atoms with E-state index in [1.807, 2.05) is 76.2 Å². The van der Waals surface area contributed by atoms with Crippen LogP contribution in [-0.2, 0) is 0 Å². The molecule has 6 heteroatoms. The first-order valence-electron chi connectivity index (χ1n) is 9.79. The topological polar surface area (TPSA) is 40.2 Å². The Morgan fingerprint density at radius 1 is 0.567 bits per heavy atom. The number of nitrogens with zero attached hydrogens (tertiary/aromatic N) is 1. The normalized spacial score (nSPS) is 17.1. The molecule has 0 atom stereocenters. The number of ether oxygens (including phenoxy) is 4. The van der Waals surface area contributed by atoms with Crippen molar-refractivity contribution in [2.45, 2.75) is 39.3 Å². The molecule has 5 rings (SSSR count). The van der Waals surface area contributed by atoms with Gasteiger partial charge in [0.15, 0.2) is 23.0 Å². The Bertz CT molecular complexity index is 1060. The molecule has 0 N–H and O–H groups in total.